The van der Waals surface area contributed by atoms with Crippen molar-refractivity contribution in [1.82, 2.24) is 5.32 Å². The Morgan fingerprint density at radius 3 is 1.79 bits per heavy atom. The van der Waals surface area contributed by atoms with E-state index in [2.05, 4.69) is 67.8 Å². The first-order chi connectivity index (χ1) is 23.3. The summed E-state index contributed by atoms with van der Waals surface area (Å²) in [5.41, 5.74) is 0. The third kappa shape index (κ3) is 33.9. The van der Waals surface area contributed by atoms with Gasteiger partial charge >= 0.3 is 19.8 Å². The van der Waals surface area contributed by atoms with Crippen molar-refractivity contribution in [2.75, 3.05) is 33.4 Å². The molecule has 0 bridgehead atoms. The summed E-state index contributed by atoms with van der Waals surface area (Å²) in [7, 11) is -2.66. The fourth-order valence-electron chi connectivity index (χ4n) is 4.54. The summed E-state index contributed by atoms with van der Waals surface area (Å²) in [5, 5.41) is 2.81. The first kappa shape index (κ1) is 46.0. The Hall–Kier alpha value is -2.03. The van der Waals surface area contributed by atoms with E-state index in [1.165, 1.54) is 32.1 Å². The average molecular weight is 698 g/mol. The van der Waals surface area contributed by atoms with E-state index in [9.17, 15) is 19.0 Å². The number of nitrogens with one attached hydrogen (secondary N) is 1. The monoisotopic (exact) mass is 697 g/mol. The van der Waals surface area contributed by atoms with E-state index in [-0.39, 0.29) is 26.1 Å². The van der Waals surface area contributed by atoms with Crippen LogP contribution in [-0.2, 0) is 32.7 Å². The molecule has 2 atom stereocenters. The van der Waals surface area contributed by atoms with E-state index in [4.69, 9.17) is 18.5 Å². The maximum absolute atomic E-state index is 12.5. The predicted molar refractivity (Wildman–Crippen MR) is 197 cm³/mol. The first-order valence-corrected chi connectivity index (χ1v) is 20.1. The Bertz CT molecular complexity index is 934. The summed E-state index contributed by atoms with van der Waals surface area (Å²) in [4.78, 5) is 34.8. The number of allylic oxidation sites excluding steroid dienone is 8. The van der Waals surface area contributed by atoms with Crippen molar-refractivity contribution in [3.05, 3.63) is 48.6 Å². The van der Waals surface area contributed by atoms with Crippen LogP contribution in [0.1, 0.15) is 142 Å². The Balaban J connectivity index is 4.41. The number of ether oxygens (including phenoxy) is 2. The minimum atomic E-state index is -4.35. The Morgan fingerprint density at radius 1 is 0.646 bits per heavy atom. The molecule has 0 radical (unpaired) electrons. The first-order valence-electron chi connectivity index (χ1n) is 18.6. The molecular formula is C38H68NO8P. The lowest BCUT2D eigenvalue weighted by Gasteiger charge is -2.20. The maximum Gasteiger partial charge on any atom is 0.472 e. The molecule has 0 fully saturated rings. The zero-order valence-corrected chi connectivity index (χ0v) is 31.3. The van der Waals surface area contributed by atoms with Crippen molar-refractivity contribution in [1.29, 1.82) is 0 Å². The number of carbonyl (C=O) groups is 2. The second-order valence-electron chi connectivity index (χ2n) is 12.0. The number of esters is 2. The van der Waals surface area contributed by atoms with Gasteiger partial charge in [0.2, 0.25) is 0 Å². The van der Waals surface area contributed by atoms with Crippen molar-refractivity contribution in [3.63, 3.8) is 0 Å². The Labute approximate surface area is 292 Å². The van der Waals surface area contributed by atoms with E-state index in [0.29, 0.717) is 13.0 Å². The van der Waals surface area contributed by atoms with Gasteiger partial charge in [0.1, 0.15) is 6.61 Å². The number of unbranched alkanes of at least 4 members (excludes halogenated alkanes) is 12. The zero-order valence-electron chi connectivity index (χ0n) is 30.4. The molecule has 0 spiro atoms. The van der Waals surface area contributed by atoms with Gasteiger partial charge in [0.15, 0.2) is 6.10 Å². The molecular weight excluding hydrogens is 629 g/mol. The molecule has 0 aromatic carbocycles. The third-order valence-corrected chi connectivity index (χ3v) is 8.41. The maximum atomic E-state index is 12.5. The summed E-state index contributed by atoms with van der Waals surface area (Å²) in [6.45, 7) is 4.07. The highest BCUT2D eigenvalue weighted by molar-refractivity contribution is 7.47. The lowest BCUT2D eigenvalue weighted by molar-refractivity contribution is -0.161. The highest BCUT2D eigenvalue weighted by atomic mass is 31.2. The summed E-state index contributed by atoms with van der Waals surface area (Å²) in [6.07, 6.45) is 35.9. The fraction of sp³-hybridized carbons (Fsp3) is 0.737. The van der Waals surface area contributed by atoms with Crippen LogP contribution in [0, 0.1) is 0 Å². The molecule has 2 N–H and O–H groups in total. The van der Waals surface area contributed by atoms with Gasteiger partial charge in [0, 0.05) is 19.4 Å². The summed E-state index contributed by atoms with van der Waals surface area (Å²) < 4.78 is 32.9. The molecule has 0 aliphatic carbocycles. The number of hydrogen-bond donors (Lipinski definition) is 2. The number of phosphoric acid groups is 1. The van der Waals surface area contributed by atoms with Gasteiger partial charge in [-0.3, -0.25) is 18.6 Å². The van der Waals surface area contributed by atoms with Crippen LogP contribution in [-0.4, -0.2) is 56.3 Å². The van der Waals surface area contributed by atoms with Crippen LogP contribution >= 0.6 is 7.82 Å². The summed E-state index contributed by atoms with van der Waals surface area (Å²) in [6, 6.07) is 0. The quantitative estimate of drug-likeness (QED) is 0.0293. The van der Waals surface area contributed by atoms with Crippen molar-refractivity contribution in [3.8, 4) is 0 Å². The zero-order chi connectivity index (χ0) is 35.4. The summed E-state index contributed by atoms with van der Waals surface area (Å²) >= 11 is 0. The highest BCUT2D eigenvalue weighted by Crippen LogP contribution is 2.43. The Morgan fingerprint density at radius 2 is 1.15 bits per heavy atom. The lowest BCUT2D eigenvalue weighted by Crippen LogP contribution is -2.29. The lowest BCUT2D eigenvalue weighted by atomic mass is 10.1. The van der Waals surface area contributed by atoms with Crippen LogP contribution in [0.4, 0.5) is 0 Å². The molecule has 0 saturated carbocycles. The molecule has 0 heterocycles. The minimum absolute atomic E-state index is 0.0271. The van der Waals surface area contributed by atoms with E-state index >= 15 is 0 Å². The Kier molecular flexibility index (Phi) is 33.3. The van der Waals surface area contributed by atoms with Crippen LogP contribution in [0.5, 0.6) is 0 Å². The second-order valence-corrected chi connectivity index (χ2v) is 13.5. The molecule has 2 unspecified atom stereocenters. The molecule has 9 nitrogen and oxygen atoms in total. The highest BCUT2D eigenvalue weighted by Gasteiger charge is 2.26. The van der Waals surface area contributed by atoms with Gasteiger partial charge in [0.25, 0.3) is 0 Å². The average Bonchev–Trinajstić information content (AvgIpc) is 3.06. The molecule has 278 valence electrons. The van der Waals surface area contributed by atoms with Gasteiger partial charge in [-0.1, -0.05) is 107 Å². The van der Waals surface area contributed by atoms with E-state index < -0.39 is 32.5 Å². The van der Waals surface area contributed by atoms with Gasteiger partial charge < -0.3 is 19.7 Å². The topological polar surface area (TPSA) is 120 Å². The van der Waals surface area contributed by atoms with Crippen LogP contribution < -0.4 is 5.32 Å². The van der Waals surface area contributed by atoms with Crippen molar-refractivity contribution < 1.29 is 37.6 Å². The van der Waals surface area contributed by atoms with E-state index in [1.807, 2.05) is 0 Å². The van der Waals surface area contributed by atoms with Crippen LogP contribution in [0.15, 0.2) is 48.6 Å². The van der Waals surface area contributed by atoms with E-state index in [1.54, 1.807) is 7.05 Å². The second kappa shape index (κ2) is 34.8. The number of likely N-dealkylation sites (N-methyl/N-ethyl adjacent to an activating group) is 1. The molecule has 0 rings (SSSR count). The molecule has 0 aliphatic heterocycles. The normalized spacial score (nSPS) is 14.0. The van der Waals surface area contributed by atoms with Crippen molar-refractivity contribution >= 4 is 19.8 Å². The smallest absolute Gasteiger partial charge is 0.462 e. The van der Waals surface area contributed by atoms with E-state index in [0.717, 1.165) is 77.0 Å². The summed E-state index contributed by atoms with van der Waals surface area (Å²) in [5.74, 6) is -0.869. The van der Waals surface area contributed by atoms with Gasteiger partial charge in [-0.25, -0.2) is 4.57 Å². The fourth-order valence-corrected chi connectivity index (χ4v) is 5.29. The molecule has 0 aromatic heterocycles. The number of phosphoric ester groups is 1. The van der Waals surface area contributed by atoms with Crippen LogP contribution in [0.3, 0.4) is 0 Å². The van der Waals surface area contributed by atoms with Crippen molar-refractivity contribution in [2.45, 2.75) is 148 Å². The molecule has 10 heteroatoms. The molecule has 48 heavy (non-hydrogen) atoms. The third-order valence-electron chi connectivity index (χ3n) is 7.42. The van der Waals surface area contributed by atoms with Gasteiger partial charge in [-0.2, -0.15) is 0 Å². The standard InChI is InChI=1S/C38H68NO8P/c1-4-6-8-10-12-14-16-17-18-19-21-23-25-27-29-31-38(41)47-36(35-46-48(42,43)45-33-32-39-3)34-44-37(40)30-28-26-24-22-20-15-13-11-9-7-5-2/h11-14,17-18,21,23,36,39H,4-10,15-16,19-20,22,24-35H2,1-3H3,(H,42,43)/b13-11-,14-12-,18-17-,23-21-. The molecule has 0 saturated heterocycles. The predicted octanol–water partition coefficient (Wildman–Crippen LogP) is 9.86. The van der Waals surface area contributed by atoms with Gasteiger partial charge in [-0.15, -0.1) is 0 Å². The van der Waals surface area contributed by atoms with Crippen LogP contribution in [0.2, 0.25) is 0 Å². The van der Waals surface area contributed by atoms with Gasteiger partial charge in [0.05, 0.1) is 13.2 Å². The number of hydrogen-bond acceptors (Lipinski definition) is 8. The minimum Gasteiger partial charge on any atom is -0.462 e. The molecule has 0 aromatic rings. The molecule has 0 aliphatic rings. The molecule has 0 amide bonds. The van der Waals surface area contributed by atoms with Crippen molar-refractivity contribution in [2.24, 2.45) is 0 Å². The number of carbonyl (C=O) groups excluding carboxylic acids is 2. The number of rotatable bonds is 34. The van der Waals surface area contributed by atoms with Gasteiger partial charge in [-0.05, 0) is 77.7 Å². The SMILES string of the molecule is CCCC/C=C\CCCCCCCC(=O)OCC(COP(=O)(O)OCCNC)OC(=O)CCCC/C=C\C/C=C\C/C=C\CCCCC. The van der Waals surface area contributed by atoms with Crippen LogP contribution in [0.25, 0.3) is 0 Å². The largest absolute Gasteiger partial charge is 0.472 e.